The fraction of sp³-hybridized carbons (Fsp3) is 0.500. The second-order valence-electron chi connectivity index (χ2n) is 4.91. The van der Waals surface area contributed by atoms with Crippen molar-refractivity contribution >= 4 is 5.91 Å². The van der Waals surface area contributed by atoms with Gasteiger partial charge in [0.05, 0.1) is 12.5 Å². The summed E-state index contributed by atoms with van der Waals surface area (Å²) in [4.78, 5) is 11.6. The zero-order valence-electron chi connectivity index (χ0n) is 11.1. The molecule has 0 aliphatic carbocycles. The van der Waals surface area contributed by atoms with E-state index >= 15 is 0 Å². The van der Waals surface area contributed by atoms with Crippen LogP contribution in [0.4, 0.5) is 0 Å². The number of hydrogen-bond acceptors (Lipinski definition) is 3. The van der Waals surface area contributed by atoms with Gasteiger partial charge >= 0.3 is 0 Å². The first kappa shape index (κ1) is 14.5. The van der Waals surface area contributed by atoms with Gasteiger partial charge in [-0.15, -0.1) is 0 Å². The van der Waals surface area contributed by atoms with Crippen LogP contribution in [0.1, 0.15) is 25.0 Å². The zero-order valence-corrected chi connectivity index (χ0v) is 11.1. The van der Waals surface area contributed by atoms with E-state index in [0.29, 0.717) is 0 Å². The predicted octanol–water partition coefficient (Wildman–Crippen LogP) is 1.38. The third-order valence-corrected chi connectivity index (χ3v) is 2.92. The Labute approximate surface area is 108 Å². The van der Waals surface area contributed by atoms with E-state index in [2.05, 4.69) is 5.32 Å². The van der Waals surface area contributed by atoms with Gasteiger partial charge in [-0.05, 0) is 30.0 Å². The molecule has 0 bridgehead atoms. The number of aliphatic hydroxyl groups excluding tert-OH is 1. The molecule has 0 fully saturated rings. The minimum Gasteiger partial charge on any atom is -0.508 e. The number of amides is 1. The standard InChI is InChI=1S/C14H21NO3/c1-9(2)13(17)8-15-14(18)7-11-5-4-10(3)12(16)6-11/h4-6,9,13,16-17H,7-8H2,1-3H3,(H,15,18). The highest BCUT2D eigenvalue weighted by molar-refractivity contribution is 5.78. The van der Waals surface area contributed by atoms with Gasteiger partial charge in [0.1, 0.15) is 5.75 Å². The molecule has 1 atom stereocenters. The fourth-order valence-electron chi connectivity index (χ4n) is 1.47. The van der Waals surface area contributed by atoms with E-state index in [-0.39, 0.29) is 30.5 Å². The van der Waals surface area contributed by atoms with Crippen LogP contribution in [0, 0.1) is 12.8 Å². The first-order chi connectivity index (χ1) is 8.40. The quantitative estimate of drug-likeness (QED) is 0.740. The molecule has 0 saturated carbocycles. The molecule has 1 amide bonds. The highest BCUT2D eigenvalue weighted by Crippen LogP contribution is 2.17. The molecule has 0 saturated heterocycles. The highest BCUT2D eigenvalue weighted by atomic mass is 16.3. The third-order valence-electron chi connectivity index (χ3n) is 2.92. The van der Waals surface area contributed by atoms with Crippen LogP contribution in [0.3, 0.4) is 0 Å². The van der Waals surface area contributed by atoms with Crippen LogP contribution < -0.4 is 5.32 Å². The molecule has 4 nitrogen and oxygen atoms in total. The van der Waals surface area contributed by atoms with Gasteiger partial charge in [-0.1, -0.05) is 26.0 Å². The van der Waals surface area contributed by atoms with E-state index in [1.807, 2.05) is 19.9 Å². The van der Waals surface area contributed by atoms with E-state index in [1.165, 1.54) is 0 Å². The number of nitrogens with one attached hydrogen (secondary N) is 1. The maximum absolute atomic E-state index is 11.6. The van der Waals surface area contributed by atoms with Crippen molar-refractivity contribution in [3.8, 4) is 5.75 Å². The lowest BCUT2D eigenvalue weighted by Gasteiger charge is -2.15. The van der Waals surface area contributed by atoms with Crippen LogP contribution in [0.2, 0.25) is 0 Å². The molecule has 3 N–H and O–H groups in total. The molecule has 1 unspecified atom stereocenters. The van der Waals surface area contributed by atoms with Gasteiger partial charge in [0.25, 0.3) is 0 Å². The maximum Gasteiger partial charge on any atom is 0.224 e. The van der Waals surface area contributed by atoms with Crippen LogP contribution in [-0.2, 0) is 11.2 Å². The van der Waals surface area contributed by atoms with Crippen molar-refractivity contribution in [3.05, 3.63) is 29.3 Å². The van der Waals surface area contributed by atoms with E-state index in [4.69, 9.17) is 0 Å². The number of phenols is 1. The van der Waals surface area contributed by atoms with E-state index < -0.39 is 6.10 Å². The summed E-state index contributed by atoms with van der Waals surface area (Å²) in [7, 11) is 0. The third kappa shape index (κ3) is 4.37. The summed E-state index contributed by atoms with van der Waals surface area (Å²) < 4.78 is 0. The van der Waals surface area contributed by atoms with Crippen molar-refractivity contribution < 1.29 is 15.0 Å². The minimum absolute atomic E-state index is 0.119. The molecule has 1 aromatic rings. The molecular formula is C14H21NO3. The van der Waals surface area contributed by atoms with Gasteiger partial charge in [-0.2, -0.15) is 0 Å². The Morgan fingerprint density at radius 3 is 2.61 bits per heavy atom. The number of hydrogen-bond donors (Lipinski definition) is 3. The van der Waals surface area contributed by atoms with Gasteiger partial charge in [0, 0.05) is 6.54 Å². The van der Waals surface area contributed by atoms with Crippen molar-refractivity contribution in [2.45, 2.75) is 33.3 Å². The smallest absolute Gasteiger partial charge is 0.224 e. The van der Waals surface area contributed by atoms with E-state index in [0.717, 1.165) is 11.1 Å². The normalized spacial score (nSPS) is 12.5. The zero-order chi connectivity index (χ0) is 13.7. The summed E-state index contributed by atoms with van der Waals surface area (Å²) in [5.41, 5.74) is 1.55. The van der Waals surface area contributed by atoms with Crippen molar-refractivity contribution in [1.29, 1.82) is 0 Å². The van der Waals surface area contributed by atoms with Crippen LogP contribution in [0.25, 0.3) is 0 Å². The largest absolute Gasteiger partial charge is 0.508 e. The van der Waals surface area contributed by atoms with Crippen molar-refractivity contribution in [3.63, 3.8) is 0 Å². The summed E-state index contributed by atoms with van der Waals surface area (Å²) in [6.45, 7) is 5.86. The maximum atomic E-state index is 11.6. The summed E-state index contributed by atoms with van der Waals surface area (Å²) >= 11 is 0. The molecule has 0 spiro atoms. The summed E-state index contributed by atoms with van der Waals surface area (Å²) in [6, 6.07) is 5.18. The van der Waals surface area contributed by atoms with Crippen molar-refractivity contribution in [1.82, 2.24) is 5.32 Å². The highest BCUT2D eigenvalue weighted by Gasteiger charge is 2.11. The Bertz CT molecular complexity index is 416. The number of benzene rings is 1. The lowest BCUT2D eigenvalue weighted by Crippen LogP contribution is -2.35. The second-order valence-corrected chi connectivity index (χ2v) is 4.91. The van der Waals surface area contributed by atoms with Gasteiger partial charge in [-0.3, -0.25) is 4.79 Å². The first-order valence-corrected chi connectivity index (χ1v) is 6.13. The molecular weight excluding hydrogens is 230 g/mol. The molecule has 0 heterocycles. The molecule has 18 heavy (non-hydrogen) atoms. The number of carbonyl (C=O) groups excluding carboxylic acids is 1. The Kier molecular flexibility index (Phi) is 5.16. The Balaban J connectivity index is 2.47. The number of aryl methyl sites for hydroxylation is 1. The Morgan fingerprint density at radius 2 is 2.06 bits per heavy atom. The van der Waals surface area contributed by atoms with Gasteiger partial charge in [0.2, 0.25) is 5.91 Å². The summed E-state index contributed by atoms with van der Waals surface area (Å²) in [5, 5.41) is 21.8. The lowest BCUT2D eigenvalue weighted by atomic mass is 10.1. The number of rotatable bonds is 5. The van der Waals surface area contributed by atoms with Crippen LogP contribution in [0.15, 0.2) is 18.2 Å². The molecule has 4 heteroatoms. The minimum atomic E-state index is -0.527. The van der Waals surface area contributed by atoms with Crippen LogP contribution >= 0.6 is 0 Å². The summed E-state index contributed by atoms with van der Waals surface area (Å²) in [6.07, 6.45) is -0.320. The average Bonchev–Trinajstić information content (AvgIpc) is 2.30. The number of aliphatic hydroxyl groups is 1. The molecule has 0 aliphatic rings. The molecule has 0 aromatic heterocycles. The predicted molar refractivity (Wildman–Crippen MR) is 70.4 cm³/mol. The Morgan fingerprint density at radius 1 is 1.39 bits per heavy atom. The van der Waals surface area contributed by atoms with Gasteiger partial charge in [0.15, 0.2) is 0 Å². The number of aromatic hydroxyl groups is 1. The summed E-state index contributed by atoms with van der Waals surface area (Å²) in [5.74, 6) is 0.161. The van der Waals surface area contributed by atoms with E-state index in [1.54, 1.807) is 19.1 Å². The Hall–Kier alpha value is -1.55. The lowest BCUT2D eigenvalue weighted by molar-refractivity contribution is -0.121. The van der Waals surface area contributed by atoms with Gasteiger partial charge in [-0.25, -0.2) is 0 Å². The molecule has 1 aromatic carbocycles. The number of phenolic OH excluding ortho intramolecular Hbond substituents is 1. The van der Waals surface area contributed by atoms with Crippen LogP contribution in [0.5, 0.6) is 5.75 Å². The molecule has 100 valence electrons. The molecule has 0 radical (unpaired) electrons. The van der Waals surface area contributed by atoms with Gasteiger partial charge < -0.3 is 15.5 Å². The average molecular weight is 251 g/mol. The fourth-order valence-corrected chi connectivity index (χ4v) is 1.47. The van der Waals surface area contributed by atoms with E-state index in [9.17, 15) is 15.0 Å². The van der Waals surface area contributed by atoms with Crippen molar-refractivity contribution in [2.24, 2.45) is 5.92 Å². The topological polar surface area (TPSA) is 69.6 Å². The van der Waals surface area contributed by atoms with Crippen molar-refractivity contribution in [2.75, 3.05) is 6.54 Å². The first-order valence-electron chi connectivity index (χ1n) is 6.13. The molecule has 1 rings (SSSR count). The number of carbonyl (C=O) groups is 1. The monoisotopic (exact) mass is 251 g/mol. The second kappa shape index (κ2) is 6.40. The SMILES string of the molecule is Cc1ccc(CC(=O)NCC(O)C(C)C)cc1O. The molecule has 0 aliphatic heterocycles. The van der Waals surface area contributed by atoms with Crippen LogP contribution in [-0.4, -0.2) is 28.8 Å².